The van der Waals surface area contributed by atoms with E-state index in [4.69, 9.17) is 13.9 Å². The van der Waals surface area contributed by atoms with Crippen LogP contribution in [0.15, 0.2) is 27.5 Å². The fourth-order valence-electron chi connectivity index (χ4n) is 2.53. The van der Waals surface area contributed by atoms with Gasteiger partial charge >= 0.3 is 5.63 Å². The molecule has 0 aliphatic rings. The second-order valence-electron chi connectivity index (χ2n) is 6.07. The standard InChI is InChI=1S/C17H20N6O5S/c1-9(8-26-3)19-11-7-12(28-15(25)13(11)27-4)14(24)20-16-21-22-17(29-16)23-10(2)5-6-18-23/h5-7,9,19H,8H2,1-4H3,(H,20,21,24)/t9-/m1/s1. The van der Waals surface area contributed by atoms with Crippen LogP contribution >= 0.6 is 11.3 Å². The Bertz CT molecular complexity index is 1060. The number of rotatable bonds is 8. The minimum absolute atomic E-state index is 0.0307. The zero-order chi connectivity index (χ0) is 21.0. The van der Waals surface area contributed by atoms with E-state index < -0.39 is 11.5 Å². The van der Waals surface area contributed by atoms with Gasteiger partial charge in [-0.1, -0.05) is 11.3 Å². The van der Waals surface area contributed by atoms with Crippen molar-refractivity contribution in [2.24, 2.45) is 0 Å². The maximum atomic E-state index is 12.6. The van der Waals surface area contributed by atoms with Gasteiger partial charge in [-0.2, -0.15) is 5.10 Å². The fraction of sp³-hybridized carbons (Fsp3) is 0.353. The molecule has 0 bridgehead atoms. The Hall–Kier alpha value is -3.25. The monoisotopic (exact) mass is 420 g/mol. The molecule has 0 saturated heterocycles. The third-order valence-corrected chi connectivity index (χ3v) is 4.62. The number of hydrogen-bond acceptors (Lipinski definition) is 10. The second kappa shape index (κ2) is 8.84. The van der Waals surface area contributed by atoms with Crippen molar-refractivity contribution in [2.75, 3.05) is 31.5 Å². The molecule has 12 heteroatoms. The van der Waals surface area contributed by atoms with Crippen molar-refractivity contribution < 1.29 is 18.7 Å². The Morgan fingerprint density at radius 1 is 1.38 bits per heavy atom. The van der Waals surface area contributed by atoms with E-state index in [1.165, 1.54) is 13.2 Å². The van der Waals surface area contributed by atoms with Crippen LogP contribution in [-0.4, -0.2) is 52.8 Å². The molecule has 3 aromatic heterocycles. The van der Waals surface area contributed by atoms with E-state index in [1.54, 1.807) is 18.0 Å². The molecule has 29 heavy (non-hydrogen) atoms. The van der Waals surface area contributed by atoms with Crippen molar-refractivity contribution in [3.63, 3.8) is 0 Å². The first kappa shape index (κ1) is 20.5. The Kier molecular flexibility index (Phi) is 6.24. The number of amides is 1. The van der Waals surface area contributed by atoms with Gasteiger partial charge in [0, 0.05) is 31.1 Å². The highest BCUT2D eigenvalue weighted by Gasteiger charge is 2.20. The number of aromatic nitrogens is 4. The topological polar surface area (TPSA) is 133 Å². The Morgan fingerprint density at radius 3 is 2.83 bits per heavy atom. The molecular formula is C17H20N6O5S. The normalized spacial score (nSPS) is 11.9. The van der Waals surface area contributed by atoms with Crippen LogP contribution in [0.25, 0.3) is 5.13 Å². The van der Waals surface area contributed by atoms with Gasteiger partial charge < -0.3 is 19.2 Å². The first-order chi connectivity index (χ1) is 13.9. The van der Waals surface area contributed by atoms with Crippen molar-refractivity contribution in [1.29, 1.82) is 0 Å². The largest absolute Gasteiger partial charge is 0.488 e. The molecular weight excluding hydrogens is 400 g/mol. The third kappa shape index (κ3) is 4.60. The van der Waals surface area contributed by atoms with E-state index >= 15 is 0 Å². The average molecular weight is 420 g/mol. The zero-order valence-electron chi connectivity index (χ0n) is 16.3. The van der Waals surface area contributed by atoms with E-state index in [0.717, 1.165) is 17.0 Å². The molecule has 3 heterocycles. The molecule has 0 spiro atoms. The van der Waals surface area contributed by atoms with Crippen molar-refractivity contribution in [1.82, 2.24) is 20.0 Å². The summed E-state index contributed by atoms with van der Waals surface area (Å²) < 4.78 is 16.9. The maximum Gasteiger partial charge on any atom is 0.381 e. The molecule has 154 valence electrons. The number of aryl methyl sites for hydroxylation is 1. The average Bonchev–Trinajstić information content (AvgIpc) is 3.30. The van der Waals surface area contributed by atoms with Gasteiger partial charge in [-0.25, -0.2) is 9.48 Å². The summed E-state index contributed by atoms with van der Waals surface area (Å²) >= 11 is 1.13. The van der Waals surface area contributed by atoms with Crippen LogP contribution in [0.2, 0.25) is 0 Å². The molecule has 0 aromatic carbocycles. The summed E-state index contributed by atoms with van der Waals surface area (Å²) in [6.07, 6.45) is 1.64. The molecule has 1 amide bonds. The lowest BCUT2D eigenvalue weighted by Crippen LogP contribution is -2.23. The van der Waals surface area contributed by atoms with E-state index in [1.807, 2.05) is 19.9 Å². The van der Waals surface area contributed by atoms with Crippen molar-refractivity contribution in [2.45, 2.75) is 19.9 Å². The van der Waals surface area contributed by atoms with Gasteiger partial charge in [0.05, 0.1) is 19.4 Å². The molecule has 0 fully saturated rings. The van der Waals surface area contributed by atoms with Gasteiger partial charge in [-0.15, -0.1) is 10.2 Å². The molecule has 1 atom stereocenters. The highest BCUT2D eigenvalue weighted by Crippen LogP contribution is 2.24. The molecule has 2 N–H and O–H groups in total. The summed E-state index contributed by atoms with van der Waals surface area (Å²) in [4.78, 5) is 24.8. The van der Waals surface area contributed by atoms with Crippen LogP contribution < -0.4 is 21.0 Å². The molecule has 0 saturated carbocycles. The molecule has 3 rings (SSSR count). The minimum Gasteiger partial charge on any atom is -0.488 e. The van der Waals surface area contributed by atoms with Crippen LogP contribution in [0.5, 0.6) is 5.75 Å². The summed E-state index contributed by atoms with van der Waals surface area (Å²) in [6, 6.07) is 3.08. The molecule has 0 aliphatic heterocycles. The summed E-state index contributed by atoms with van der Waals surface area (Å²) in [5.41, 5.74) is 0.419. The number of nitrogens with zero attached hydrogens (tertiary/aromatic N) is 4. The smallest absolute Gasteiger partial charge is 0.381 e. The highest BCUT2D eigenvalue weighted by atomic mass is 32.1. The quantitative estimate of drug-likeness (QED) is 0.558. The molecule has 0 radical (unpaired) electrons. The minimum atomic E-state index is -0.780. The van der Waals surface area contributed by atoms with Crippen molar-refractivity contribution in [3.05, 3.63) is 40.2 Å². The van der Waals surface area contributed by atoms with Gasteiger partial charge in [0.2, 0.25) is 16.0 Å². The summed E-state index contributed by atoms with van der Waals surface area (Å²) in [5, 5.41) is 18.4. The van der Waals surface area contributed by atoms with E-state index in [9.17, 15) is 9.59 Å². The first-order valence-corrected chi connectivity index (χ1v) is 9.38. The summed E-state index contributed by atoms with van der Waals surface area (Å²) in [6.45, 7) is 4.13. The predicted octanol–water partition coefficient (Wildman–Crippen LogP) is 1.69. The van der Waals surface area contributed by atoms with Crippen LogP contribution in [-0.2, 0) is 4.74 Å². The maximum absolute atomic E-state index is 12.6. The number of anilines is 2. The lowest BCUT2D eigenvalue weighted by atomic mass is 10.2. The Labute approximate surface area is 169 Å². The lowest BCUT2D eigenvalue weighted by Gasteiger charge is -2.16. The van der Waals surface area contributed by atoms with Crippen molar-refractivity contribution >= 4 is 28.1 Å². The van der Waals surface area contributed by atoms with E-state index in [-0.39, 0.29) is 22.7 Å². The Morgan fingerprint density at radius 2 is 2.17 bits per heavy atom. The van der Waals surface area contributed by atoms with Crippen LogP contribution in [0, 0.1) is 6.92 Å². The molecule has 0 unspecified atom stereocenters. The highest BCUT2D eigenvalue weighted by molar-refractivity contribution is 7.17. The summed E-state index contributed by atoms with van der Waals surface area (Å²) in [5.74, 6) is -0.876. The van der Waals surface area contributed by atoms with Crippen LogP contribution in [0.1, 0.15) is 23.2 Å². The van der Waals surface area contributed by atoms with Gasteiger partial charge in [-0.05, 0) is 19.9 Å². The number of carbonyl (C=O) groups is 1. The molecule has 0 aliphatic carbocycles. The fourth-order valence-corrected chi connectivity index (χ4v) is 3.29. The molecule has 3 aromatic rings. The van der Waals surface area contributed by atoms with Crippen LogP contribution in [0.3, 0.4) is 0 Å². The van der Waals surface area contributed by atoms with E-state index in [0.29, 0.717) is 17.4 Å². The first-order valence-electron chi connectivity index (χ1n) is 8.56. The number of nitrogens with one attached hydrogen (secondary N) is 2. The third-order valence-electron chi connectivity index (χ3n) is 3.80. The van der Waals surface area contributed by atoms with E-state index in [2.05, 4.69) is 25.9 Å². The van der Waals surface area contributed by atoms with Gasteiger partial charge in [0.1, 0.15) is 0 Å². The van der Waals surface area contributed by atoms with Gasteiger partial charge in [0.15, 0.2) is 5.76 Å². The number of methoxy groups -OCH3 is 2. The zero-order valence-corrected chi connectivity index (χ0v) is 17.1. The number of hydrogen-bond donors (Lipinski definition) is 2. The number of ether oxygens (including phenoxy) is 2. The van der Waals surface area contributed by atoms with Gasteiger partial charge in [0.25, 0.3) is 5.91 Å². The lowest BCUT2D eigenvalue weighted by molar-refractivity contribution is 0.0991. The summed E-state index contributed by atoms with van der Waals surface area (Å²) in [7, 11) is 2.91. The number of carbonyl (C=O) groups excluding carboxylic acids is 1. The molecule has 11 nitrogen and oxygen atoms in total. The second-order valence-corrected chi connectivity index (χ2v) is 7.03. The SMILES string of the molecule is COC[C@@H](C)Nc1cc(C(=O)Nc2nnc(-n3nccc3C)s2)oc(=O)c1OC. The predicted molar refractivity (Wildman–Crippen MR) is 106 cm³/mol. The van der Waals surface area contributed by atoms with Crippen LogP contribution in [0.4, 0.5) is 10.8 Å². The Balaban J connectivity index is 1.82. The van der Waals surface area contributed by atoms with Gasteiger partial charge in [-0.3, -0.25) is 10.1 Å². The van der Waals surface area contributed by atoms with Crippen molar-refractivity contribution in [3.8, 4) is 10.9 Å².